The number of halogens is 4. The maximum atomic E-state index is 13.1. The molecule has 5 atom stereocenters. The van der Waals surface area contributed by atoms with Crippen LogP contribution >= 0.6 is 11.6 Å². The Bertz CT molecular complexity index is 1050. The summed E-state index contributed by atoms with van der Waals surface area (Å²) in [5.74, 6) is 0.0909. The lowest BCUT2D eigenvalue weighted by molar-refractivity contribution is -0.357. The Hall–Kier alpha value is -2.08. The van der Waals surface area contributed by atoms with Gasteiger partial charge in [0.05, 0.1) is 18.3 Å². The largest absolute Gasteiger partial charge is 0.522 e. The SMILES string of the molecule is O=C(CO[C@H]1C[C@@H](OC(F)(F)F)C1)NC12CCCC(C1)C(NC(=O)[C@H]1C[C@@H](O)c3cc(Cl)ccc3O1)CC2. The molecular weight excluding hydrogens is 529 g/mol. The van der Waals surface area contributed by atoms with Crippen molar-refractivity contribution in [2.75, 3.05) is 6.61 Å². The lowest BCUT2D eigenvalue weighted by atomic mass is 9.65. The summed E-state index contributed by atoms with van der Waals surface area (Å²) >= 11 is 6.01. The van der Waals surface area contributed by atoms with Gasteiger partial charge in [0.15, 0.2) is 6.10 Å². The van der Waals surface area contributed by atoms with Gasteiger partial charge in [0.1, 0.15) is 12.4 Å². The van der Waals surface area contributed by atoms with Crippen molar-refractivity contribution < 1.29 is 42.1 Å². The van der Waals surface area contributed by atoms with Crippen LogP contribution in [0.25, 0.3) is 0 Å². The number of ether oxygens (including phenoxy) is 3. The second-order valence-corrected chi connectivity index (χ2v) is 11.4. The maximum Gasteiger partial charge on any atom is 0.522 e. The molecule has 0 spiro atoms. The predicted octanol–water partition coefficient (Wildman–Crippen LogP) is 3.93. The Kier molecular flexibility index (Phi) is 7.83. The van der Waals surface area contributed by atoms with E-state index in [9.17, 15) is 27.9 Å². The van der Waals surface area contributed by atoms with Crippen LogP contribution in [0.4, 0.5) is 13.2 Å². The van der Waals surface area contributed by atoms with Crippen LogP contribution in [0.5, 0.6) is 5.75 Å². The molecule has 2 bridgehead atoms. The first-order chi connectivity index (χ1) is 18.0. The summed E-state index contributed by atoms with van der Waals surface area (Å²) in [6.45, 7) is -0.204. The van der Waals surface area contributed by atoms with E-state index in [1.807, 2.05) is 0 Å². The van der Waals surface area contributed by atoms with E-state index in [2.05, 4.69) is 15.4 Å². The van der Waals surface area contributed by atoms with E-state index in [4.69, 9.17) is 21.1 Å². The molecule has 1 aromatic carbocycles. The molecule has 38 heavy (non-hydrogen) atoms. The Morgan fingerprint density at radius 2 is 1.95 bits per heavy atom. The van der Waals surface area contributed by atoms with E-state index >= 15 is 0 Å². The van der Waals surface area contributed by atoms with Gasteiger partial charge in [-0.15, -0.1) is 13.2 Å². The van der Waals surface area contributed by atoms with Gasteiger partial charge in [-0.2, -0.15) is 0 Å². The minimum absolute atomic E-state index is 0.0584. The third-order valence-electron chi connectivity index (χ3n) is 8.25. The Balaban J connectivity index is 1.09. The molecule has 1 heterocycles. The molecule has 1 aromatic rings. The number of hydrogen-bond acceptors (Lipinski definition) is 6. The zero-order chi connectivity index (χ0) is 27.1. The van der Waals surface area contributed by atoms with Crippen molar-refractivity contribution in [2.24, 2.45) is 5.92 Å². The van der Waals surface area contributed by atoms with Crippen LogP contribution in [0.3, 0.4) is 0 Å². The Labute approximate surface area is 223 Å². The minimum Gasteiger partial charge on any atom is -0.480 e. The zero-order valence-corrected chi connectivity index (χ0v) is 21.5. The highest BCUT2D eigenvalue weighted by Crippen LogP contribution is 2.43. The van der Waals surface area contributed by atoms with Gasteiger partial charge in [0.25, 0.3) is 5.91 Å². The Morgan fingerprint density at radius 1 is 1.16 bits per heavy atom. The number of hydrogen-bond donors (Lipinski definition) is 3. The number of aliphatic hydroxyl groups excluding tert-OH is 1. The molecule has 5 rings (SSSR count). The van der Waals surface area contributed by atoms with Crippen LogP contribution in [0, 0.1) is 5.92 Å². The molecule has 0 saturated heterocycles. The van der Waals surface area contributed by atoms with Gasteiger partial charge in [0.2, 0.25) is 5.91 Å². The molecule has 3 saturated carbocycles. The van der Waals surface area contributed by atoms with Crippen LogP contribution in [0.1, 0.15) is 69.5 Å². The Morgan fingerprint density at radius 3 is 2.71 bits per heavy atom. The first-order valence-corrected chi connectivity index (χ1v) is 13.5. The standard InChI is InChI=1S/C26H32ClF3N2O6/c27-15-3-4-21-18(8-15)20(33)11-22(37-21)24(35)31-19-5-7-25(6-1-2-14(19)12-25)32-23(34)13-36-16-9-17(10-16)38-26(28,29)30/h3-4,8,14,16-17,19-20,22,33H,1-2,5-7,9-13H2,(H,31,35)(H,32,34)/t14?,16-,17+,19?,20-,22-,25?/m1/s1. The summed E-state index contributed by atoms with van der Waals surface area (Å²) in [4.78, 5) is 25.7. The van der Waals surface area contributed by atoms with Crippen molar-refractivity contribution in [1.29, 1.82) is 0 Å². The molecule has 0 aromatic heterocycles. The smallest absolute Gasteiger partial charge is 0.480 e. The number of aliphatic hydroxyl groups is 1. The van der Waals surface area contributed by atoms with Crippen LogP contribution in [-0.2, 0) is 19.1 Å². The van der Waals surface area contributed by atoms with Crippen LogP contribution in [0.2, 0.25) is 5.02 Å². The van der Waals surface area contributed by atoms with Gasteiger partial charge < -0.3 is 25.2 Å². The second-order valence-electron chi connectivity index (χ2n) is 11.0. The fourth-order valence-corrected chi connectivity index (χ4v) is 6.51. The maximum absolute atomic E-state index is 13.1. The highest BCUT2D eigenvalue weighted by Gasteiger charge is 2.46. The van der Waals surface area contributed by atoms with Crippen molar-refractivity contribution in [3.63, 3.8) is 0 Å². The quantitative estimate of drug-likeness (QED) is 0.467. The number of fused-ring (bicyclic) bond motifs is 3. The topological polar surface area (TPSA) is 106 Å². The van der Waals surface area contributed by atoms with Crippen molar-refractivity contribution in [1.82, 2.24) is 10.6 Å². The van der Waals surface area contributed by atoms with E-state index in [1.165, 1.54) is 0 Å². The number of nitrogens with one attached hydrogen (secondary N) is 2. The van der Waals surface area contributed by atoms with Crippen LogP contribution in [0.15, 0.2) is 18.2 Å². The molecule has 12 heteroatoms. The normalized spacial score (nSPS) is 34.3. The third-order valence-corrected chi connectivity index (χ3v) is 8.49. The molecule has 8 nitrogen and oxygen atoms in total. The monoisotopic (exact) mass is 560 g/mol. The lowest BCUT2D eigenvalue weighted by Gasteiger charge is -2.49. The summed E-state index contributed by atoms with van der Waals surface area (Å²) in [5.41, 5.74) is 0.199. The molecule has 3 unspecified atom stereocenters. The van der Waals surface area contributed by atoms with Gasteiger partial charge in [-0.3, -0.25) is 14.3 Å². The minimum atomic E-state index is -4.66. The second kappa shape index (κ2) is 10.8. The molecule has 3 aliphatic carbocycles. The van der Waals surface area contributed by atoms with E-state index in [1.54, 1.807) is 18.2 Å². The first kappa shape index (κ1) is 27.5. The summed E-state index contributed by atoms with van der Waals surface area (Å²) in [7, 11) is 0. The third kappa shape index (κ3) is 6.38. The number of carbonyl (C=O) groups excluding carboxylic acids is 2. The molecule has 2 amide bonds. The van der Waals surface area contributed by atoms with Gasteiger partial charge in [0, 0.05) is 41.4 Å². The van der Waals surface area contributed by atoms with Crippen LogP contribution in [-0.4, -0.2) is 59.8 Å². The van der Waals surface area contributed by atoms with Gasteiger partial charge in [-0.25, -0.2) is 0 Å². The number of rotatable bonds is 7. The molecule has 3 fully saturated rings. The fourth-order valence-electron chi connectivity index (χ4n) is 6.33. The van der Waals surface area contributed by atoms with Gasteiger partial charge >= 0.3 is 6.36 Å². The average Bonchev–Trinajstić information content (AvgIpc) is 2.82. The number of benzene rings is 1. The molecule has 0 radical (unpaired) electrons. The van der Waals surface area contributed by atoms with Crippen molar-refractivity contribution in [3.05, 3.63) is 28.8 Å². The highest BCUT2D eigenvalue weighted by atomic mass is 35.5. The molecular formula is C26H32ClF3N2O6. The van der Waals surface area contributed by atoms with Crippen molar-refractivity contribution in [2.45, 2.75) is 100 Å². The molecule has 4 aliphatic rings. The first-order valence-electron chi connectivity index (χ1n) is 13.1. The van der Waals surface area contributed by atoms with Gasteiger partial charge in [-0.1, -0.05) is 18.0 Å². The zero-order valence-electron chi connectivity index (χ0n) is 20.8. The molecule has 3 N–H and O–H groups in total. The van der Waals surface area contributed by atoms with E-state index in [-0.39, 0.29) is 55.2 Å². The van der Waals surface area contributed by atoms with E-state index < -0.39 is 30.8 Å². The molecule has 1 aliphatic heterocycles. The van der Waals surface area contributed by atoms with Crippen molar-refractivity contribution in [3.8, 4) is 5.75 Å². The lowest BCUT2D eigenvalue weighted by Crippen LogP contribution is -2.60. The summed E-state index contributed by atoms with van der Waals surface area (Å²) in [6, 6.07) is 4.89. The summed E-state index contributed by atoms with van der Waals surface area (Å²) in [6.07, 6.45) is -2.50. The van der Waals surface area contributed by atoms with Crippen molar-refractivity contribution >= 4 is 23.4 Å². The highest BCUT2D eigenvalue weighted by molar-refractivity contribution is 6.30. The van der Waals surface area contributed by atoms with E-state index in [0.29, 0.717) is 29.2 Å². The van der Waals surface area contributed by atoms with Gasteiger partial charge in [-0.05, 0) is 56.2 Å². The number of alkyl halides is 3. The summed E-state index contributed by atoms with van der Waals surface area (Å²) < 4.78 is 52.0. The van der Waals surface area contributed by atoms with E-state index in [0.717, 1.165) is 25.7 Å². The number of carbonyl (C=O) groups is 2. The molecule has 210 valence electrons. The predicted molar refractivity (Wildman–Crippen MR) is 129 cm³/mol. The summed E-state index contributed by atoms with van der Waals surface area (Å²) in [5, 5.41) is 17.2. The number of amides is 2. The average molecular weight is 561 g/mol. The fraction of sp³-hybridized carbons (Fsp3) is 0.692. The van der Waals surface area contributed by atoms with Crippen LogP contribution < -0.4 is 15.4 Å².